The van der Waals surface area contributed by atoms with Crippen LogP contribution >= 0.6 is 0 Å². The zero-order valence-corrected chi connectivity index (χ0v) is 14.4. The maximum atomic E-state index is 12.5. The summed E-state index contributed by atoms with van der Waals surface area (Å²) in [4.78, 5) is 4.38. The molecule has 0 radical (unpaired) electrons. The highest BCUT2D eigenvalue weighted by Gasteiger charge is 2.08. The van der Waals surface area contributed by atoms with E-state index in [0.29, 0.717) is 41.3 Å². The van der Waals surface area contributed by atoms with Gasteiger partial charge >= 0.3 is 0 Å². The number of hydrogen-bond acceptors (Lipinski definition) is 6. The van der Waals surface area contributed by atoms with Gasteiger partial charge in [0.15, 0.2) is 5.58 Å². The van der Waals surface area contributed by atoms with E-state index in [4.69, 9.17) is 19.6 Å². The molecule has 1 aromatic heterocycles. The van der Waals surface area contributed by atoms with Crippen LogP contribution in [-0.4, -0.2) is 25.2 Å². The maximum Gasteiger partial charge on any atom is 0.295 e. The molecule has 0 aliphatic carbocycles. The van der Waals surface area contributed by atoms with Gasteiger partial charge in [0.1, 0.15) is 23.6 Å². The Morgan fingerprint density at radius 2 is 2.15 bits per heavy atom. The highest BCUT2D eigenvalue weighted by Crippen LogP contribution is 2.24. The zero-order chi connectivity index (χ0) is 18.4. The molecule has 2 aromatic carbocycles. The van der Waals surface area contributed by atoms with Crippen molar-refractivity contribution < 1.29 is 18.3 Å². The summed E-state index contributed by atoms with van der Waals surface area (Å²) in [5, 5.41) is 3.14. The summed E-state index contributed by atoms with van der Waals surface area (Å²) in [6, 6.07) is 13.4. The first kappa shape index (κ1) is 17.8. The molecule has 0 amide bonds. The van der Waals surface area contributed by atoms with Gasteiger partial charge in [-0.3, -0.25) is 0 Å². The van der Waals surface area contributed by atoms with Crippen molar-refractivity contribution in [1.82, 2.24) is 4.98 Å². The lowest BCUT2D eigenvalue weighted by Crippen LogP contribution is -2.10. The van der Waals surface area contributed by atoms with Gasteiger partial charge in [-0.05, 0) is 29.8 Å². The maximum absolute atomic E-state index is 12.5. The van der Waals surface area contributed by atoms with E-state index in [1.165, 1.54) is 0 Å². The summed E-state index contributed by atoms with van der Waals surface area (Å²) in [5.41, 5.74) is 8.11. The molecule has 0 saturated carbocycles. The van der Waals surface area contributed by atoms with Crippen molar-refractivity contribution >= 4 is 17.1 Å². The lowest BCUT2D eigenvalue weighted by Gasteiger charge is -2.06. The van der Waals surface area contributed by atoms with E-state index in [1.54, 1.807) is 25.3 Å². The van der Waals surface area contributed by atoms with E-state index in [0.717, 1.165) is 11.3 Å². The summed E-state index contributed by atoms with van der Waals surface area (Å²) in [6.45, 7) is 0.752. The predicted octanol–water partition coefficient (Wildman–Crippen LogP) is 3.64. The summed E-state index contributed by atoms with van der Waals surface area (Å²) in [7, 11) is 1.63. The van der Waals surface area contributed by atoms with E-state index in [-0.39, 0.29) is 13.2 Å². The minimum atomic E-state index is 0.0909. The molecule has 3 rings (SSSR count). The van der Waals surface area contributed by atoms with Gasteiger partial charge in [-0.25, -0.2) is 4.39 Å². The summed E-state index contributed by atoms with van der Waals surface area (Å²) in [5.74, 6) is 1.35. The van der Waals surface area contributed by atoms with Crippen molar-refractivity contribution in [3.8, 4) is 11.5 Å². The molecule has 0 unspecified atom stereocenters. The lowest BCUT2D eigenvalue weighted by atomic mass is 10.2. The number of nitrogens with zero attached hydrogens (tertiary/aromatic N) is 1. The predicted molar refractivity (Wildman–Crippen MR) is 98.1 cm³/mol. The molecule has 7 heteroatoms. The number of oxazole rings is 1. The molecule has 26 heavy (non-hydrogen) atoms. The Kier molecular flexibility index (Phi) is 5.70. The zero-order valence-electron chi connectivity index (χ0n) is 14.4. The van der Waals surface area contributed by atoms with Crippen LogP contribution in [0.2, 0.25) is 0 Å². The minimum Gasteiger partial charge on any atom is -0.497 e. The van der Waals surface area contributed by atoms with Crippen LogP contribution in [0.3, 0.4) is 0 Å². The Hall–Kier alpha value is -3.06. The molecule has 1 heterocycles. The molecule has 3 aromatic rings. The molecule has 0 atom stereocenters. The molecule has 136 valence electrons. The number of halogens is 1. The third-order valence-electron chi connectivity index (χ3n) is 3.78. The van der Waals surface area contributed by atoms with E-state index in [2.05, 4.69) is 10.3 Å². The number of benzene rings is 2. The van der Waals surface area contributed by atoms with Crippen molar-refractivity contribution in [1.29, 1.82) is 0 Å². The highest BCUT2D eigenvalue weighted by molar-refractivity contribution is 5.76. The van der Waals surface area contributed by atoms with E-state index in [1.807, 2.05) is 24.3 Å². The first-order valence-electron chi connectivity index (χ1n) is 8.10. The Morgan fingerprint density at radius 3 is 2.92 bits per heavy atom. The van der Waals surface area contributed by atoms with Crippen LogP contribution in [0.5, 0.6) is 11.5 Å². The number of anilines is 1. The number of hydrogen-bond donors (Lipinski definition) is 2. The van der Waals surface area contributed by atoms with Gasteiger partial charge in [-0.2, -0.15) is 4.98 Å². The van der Waals surface area contributed by atoms with Crippen LogP contribution in [0.25, 0.3) is 11.1 Å². The fourth-order valence-corrected chi connectivity index (χ4v) is 2.34. The number of rotatable bonds is 8. The summed E-state index contributed by atoms with van der Waals surface area (Å²) < 4.78 is 28.9. The summed E-state index contributed by atoms with van der Waals surface area (Å²) in [6.07, 6.45) is 0.466. The Bertz CT molecular complexity index is 908. The number of ether oxygens (including phenoxy) is 2. The second-order valence-electron chi connectivity index (χ2n) is 5.61. The van der Waals surface area contributed by atoms with Crippen LogP contribution in [-0.2, 0) is 6.54 Å². The van der Waals surface area contributed by atoms with Gasteiger partial charge in [-0.1, -0.05) is 12.1 Å². The Balaban J connectivity index is 1.66. The molecule has 3 N–H and O–H groups in total. The SMILES string of the molecule is COc1cccc(CNc2nc3ccc(OCC(=CF)CN)cc3o2)c1. The van der Waals surface area contributed by atoms with Crippen molar-refractivity contribution in [2.24, 2.45) is 5.73 Å². The van der Waals surface area contributed by atoms with Gasteiger partial charge in [0.2, 0.25) is 0 Å². The van der Waals surface area contributed by atoms with Crippen LogP contribution in [0.1, 0.15) is 5.56 Å². The molecule has 0 spiro atoms. The molecular formula is C19H20FN3O3. The minimum absolute atomic E-state index is 0.0909. The van der Waals surface area contributed by atoms with Crippen molar-refractivity contribution in [2.45, 2.75) is 6.54 Å². The first-order valence-corrected chi connectivity index (χ1v) is 8.10. The molecular weight excluding hydrogens is 337 g/mol. The highest BCUT2D eigenvalue weighted by atomic mass is 19.1. The Labute approximate surface area is 150 Å². The molecule has 0 saturated heterocycles. The second kappa shape index (κ2) is 8.35. The third-order valence-corrected chi connectivity index (χ3v) is 3.78. The Morgan fingerprint density at radius 1 is 1.27 bits per heavy atom. The molecule has 0 aliphatic rings. The van der Waals surface area contributed by atoms with E-state index in [9.17, 15) is 4.39 Å². The van der Waals surface area contributed by atoms with Gasteiger partial charge in [0.25, 0.3) is 6.01 Å². The van der Waals surface area contributed by atoms with Gasteiger partial charge in [-0.15, -0.1) is 0 Å². The average Bonchev–Trinajstić information content (AvgIpc) is 3.09. The van der Waals surface area contributed by atoms with E-state index < -0.39 is 0 Å². The topological polar surface area (TPSA) is 82.5 Å². The molecule has 6 nitrogen and oxygen atoms in total. The van der Waals surface area contributed by atoms with Crippen LogP contribution < -0.4 is 20.5 Å². The first-order chi connectivity index (χ1) is 12.7. The molecule has 0 fully saturated rings. The van der Waals surface area contributed by atoms with Gasteiger partial charge in [0.05, 0.1) is 13.4 Å². The van der Waals surface area contributed by atoms with Crippen molar-refractivity contribution in [2.75, 3.05) is 25.6 Å². The smallest absolute Gasteiger partial charge is 0.295 e. The van der Waals surface area contributed by atoms with Crippen LogP contribution in [0.15, 0.2) is 58.8 Å². The number of nitrogens with two attached hydrogens (primary N) is 1. The number of fused-ring (bicyclic) bond motifs is 1. The fourth-order valence-electron chi connectivity index (χ4n) is 2.34. The molecule has 0 bridgehead atoms. The largest absolute Gasteiger partial charge is 0.497 e. The van der Waals surface area contributed by atoms with Crippen molar-refractivity contribution in [3.05, 3.63) is 59.9 Å². The average molecular weight is 357 g/mol. The van der Waals surface area contributed by atoms with Gasteiger partial charge < -0.3 is 24.9 Å². The second-order valence-corrected chi connectivity index (χ2v) is 5.61. The lowest BCUT2D eigenvalue weighted by molar-refractivity contribution is 0.347. The standard InChI is InChI=1S/C19H20FN3O3/c1-24-15-4-2-3-13(7-15)11-22-19-23-17-6-5-16(8-18(17)26-19)25-12-14(9-20)10-21/h2-9H,10-12,21H2,1H3,(H,22,23). The monoisotopic (exact) mass is 357 g/mol. The number of nitrogens with one attached hydrogen (secondary N) is 1. The van der Waals surface area contributed by atoms with Crippen LogP contribution in [0.4, 0.5) is 10.4 Å². The third kappa shape index (κ3) is 4.31. The number of methoxy groups -OCH3 is 1. The van der Waals surface area contributed by atoms with Crippen molar-refractivity contribution in [3.63, 3.8) is 0 Å². The van der Waals surface area contributed by atoms with E-state index >= 15 is 0 Å². The quantitative estimate of drug-likeness (QED) is 0.640. The fraction of sp³-hybridized carbons (Fsp3) is 0.211. The van der Waals surface area contributed by atoms with Gasteiger partial charge in [0, 0.05) is 24.7 Å². The molecule has 0 aliphatic heterocycles. The number of aromatic nitrogens is 1. The normalized spacial score (nSPS) is 11.6. The summed E-state index contributed by atoms with van der Waals surface area (Å²) >= 11 is 0. The van der Waals surface area contributed by atoms with Crippen LogP contribution in [0, 0.1) is 0 Å².